The third-order valence-electron chi connectivity index (χ3n) is 7.61. The number of hydrogen-bond donors (Lipinski definition) is 5. The van der Waals surface area contributed by atoms with Gasteiger partial charge in [0.2, 0.25) is 11.5 Å². The zero-order valence-corrected chi connectivity index (χ0v) is 32.9. The van der Waals surface area contributed by atoms with Gasteiger partial charge < -0.3 is 64.2 Å². The minimum Gasteiger partial charge on any atom is -0.504 e. The van der Waals surface area contributed by atoms with E-state index in [1.165, 1.54) is 4.90 Å². The molecule has 24 heteroatoms. The minimum atomic E-state index is -0.887. The molecule has 2 aromatic carbocycles. The number of rotatable bonds is 8. The number of amides is 2. The third kappa shape index (κ3) is 19.2. The zero-order chi connectivity index (χ0) is 45.7. The molecule has 3 aliphatic heterocycles. The fourth-order valence-electron chi connectivity index (χ4n) is 4.69. The normalized spacial score (nSPS) is 14.2. The van der Waals surface area contributed by atoms with Crippen LogP contribution in [0.5, 0.6) is 23.0 Å². The van der Waals surface area contributed by atoms with E-state index < -0.39 is 56.1 Å². The zero-order valence-electron chi connectivity index (χ0n) is 32.9. The maximum Gasteiger partial charge on any atom is 0.387 e. The van der Waals surface area contributed by atoms with Crippen molar-refractivity contribution < 1.29 is 68.4 Å². The highest BCUT2D eigenvalue weighted by molar-refractivity contribution is 6.02. The number of aromatic hydroxyl groups is 4. The van der Waals surface area contributed by atoms with Crippen LogP contribution in [0.3, 0.4) is 0 Å². The summed E-state index contributed by atoms with van der Waals surface area (Å²) in [5.74, 6) is -4.14. The molecule has 0 radical (unpaired) electrons. The Hall–Kier alpha value is -7.43. The Morgan fingerprint density at radius 2 is 1.28 bits per heavy atom. The van der Waals surface area contributed by atoms with Gasteiger partial charge in [-0.05, 0) is 30.7 Å². The number of nitro benzene ring substituents is 2. The first-order valence-electron chi connectivity index (χ1n) is 18.0. The van der Waals surface area contributed by atoms with Crippen LogP contribution in [0.15, 0.2) is 29.8 Å². The van der Waals surface area contributed by atoms with Gasteiger partial charge in [0.05, 0.1) is 56.1 Å². The molecule has 0 aromatic heterocycles. The molecule has 328 valence electrons. The summed E-state index contributed by atoms with van der Waals surface area (Å²) in [6, 6.07) is 5.57. The van der Waals surface area contributed by atoms with Crippen molar-refractivity contribution in [2.24, 2.45) is 0 Å². The molecule has 0 unspecified atom stereocenters. The standard InChI is InChI=1S/C14H13N3O6.C7H10N2O2.C7H5NO5.C5H7NO2.C4H9NO/c15-8-10(14(20)16-1-3-23-4-2-16)5-9-6-11(17(21)22)13(19)12(18)7-9;1-8-6-7(10)9-2-4-11-5-3-9;9-3-4-1-5(8(12)13)7(11)6(10)2-4;1-3-8-5(7)4-6-2;1-3-6-4-2-5-1/h5-7,18-19H,1-4H2;2-6H2;1-3,10-11H;3-4H2,1H3;5H,1-4H2/b10-5+;;;;. The lowest BCUT2D eigenvalue weighted by atomic mass is 10.1. The number of hydrogen-bond acceptors (Lipinski definition) is 18. The average Bonchev–Trinajstić information content (AvgIpc) is 3.26. The molecule has 0 spiro atoms. The summed E-state index contributed by atoms with van der Waals surface area (Å²) in [7, 11) is 0. The lowest BCUT2D eigenvalue weighted by molar-refractivity contribution is -0.386. The van der Waals surface area contributed by atoms with E-state index in [-0.39, 0.29) is 35.7 Å². The molecule has 3 aliphatic rings. The Morgan fingerprint density at radius 1 is 0.820 bits per heavy atom. The van der Waals surface area contributed by atoms with Gasteiger partial charge in [0.15, 0.2) is 11.5 Å². The lowest BCUT2D eigenvalue weighted by Gasteiger charge is -2.26. The molecule has 3 heterocycles. The SMILES string of the molecule is C1COCCN1.N#C/C(=C\c1cc(O)c(O)c([N+](=O)[O-])c1)C(=O)N1CCOCC1.O=Cc1cc(O)c(O)c([N+](=O)[O-])c1.[C-]#[N+]CC(=O)N1CCOCC1.[C-]#[N+]CC(=O)OCC. The van der Waals surface area contributed by atoms with Gasteiger partial charge in [-0.25, -0.2) is 17.9 Å². The van der Waals surface area contributed by atoms with E-state index in [0.29, 0.717) is 65.5 Å². The third-order valence-corrected chi connectivity index (χ3v) is 7.61. The molecule has 0 bridgehead atoms. The van der Waals surface area contributed by atoms with Crippen LogP contribution < -0.4 is 5.32 Å². The molecule has 0 atom stereocenters. The maximum absolute atomic E-state index is 12.2. The van der Waals surface area contributed by atoms with Gasteiger partial charge >= 0.3 is 29.8 Å². The Kier molecular flexibility index (Phi) is 24.4. The molecular weight excluding hydrogens is 812 g/mol. The van der Waals surface area contributed by atoms with Crippen LogP contribution in [0.1, 0.15) is 22.8 Å². The first-order chi connectivity index (χ1) is 29.1. The van der Waals surface area contributed by atoms with Crippen molar-refractivity contribution in [1.29, 1.82) is 5.26 Å². The van der Waals surface area contributed by atoms with Crippen LogP contribution in [-0.2, 0) is 33.3 Å². The number of carbonyl (C=O) groups excluding carboxylic acids is 4. The molecule has 0 saturated carbocycles. The molecule has 0 aliphatic carbocycles. The topological polar surface area (TPSA) is 323 Å². The van der Waals surface area contributed by atoms with E-state index in [9.17, 15) is 49.6 Å². The second kappa shape index (κ2) is 28.9. The number of ether oxygens (including phenoxy) is 4. The molecule has 3 fully saturated rings. The Morgan fingerprint density at radius 3 is 1.67 bits per heavy atom. The summed E-state index contributed by atoms with van der Waals surface area (Å²) in [6.07, 6.45) is 1.47. The fraction of sp³-hybridized carbons (Fsp3) is 0.432. The van der Waals surface area contributed by atoms with E-state index >= 15 is 0 Å². The van der Waals surface area contributed by atoms with Gasteiger partial charge in [0.25, 0.3) is 12.5 Å². The van der Waals surface area contributed by atoms with E-state index in [1.54, 1.807) is 17.9 Å². The molecule has 2 aromatic rings. The predicted octanol–water partition coefficient (Wildman–Crippen LogP) is 1.43. The predicted molar refractivity (Wildman–Crippen MR) is 210 cm³/mol. The average molecular weight is 857 g/mol. The summed E-state index contributed by atoms with van der Waals surface area (Å²) >= 11 is 0. The summed E-state index contributed by atoms with van der Waals surface area (Å²) in [6.45, 7) is 22.3. The fourth-order valence-corrected chi connectivity index (χ4v) is 4.69. The molecule has 5 N–H and O–H groups in total. The maximum atomic E-state index is 12.2. The van der Waals surface area contributed by atoms with E-state index in [1.807, 2.05) is 0 Å². The van der Waals surface area contributed by atoms with Crippen molar-refractivity contribution in [3.8, 4) is 29.1 Å². The number of nitrogens with zero attached hydrogens (tertiary/aromatic N) is 7. The smallest absolute Gasteiger partial charge is 0.387 e. The Balaban J connectivity index is 0.000000416. The first kappa shape index (κ1) is 51.6. The van der Waals surface area contributed by atoms with Gasteiger partial charge in [-0.1, -0.05) is 0 Å². The van der Waals surface area contributed by atoms with Crippen molar-refractivity contribution in [3.05, 3.63) is 84.0 Å². The molecular formula is C37H44N8O16. The van der Waals surface area contributed by atoms with E-state index in [2.05, 4.69) is 19.7 Å². The molecule has 24 nitrogen and oxygen atoms in total. The summed E-state index contributed by atoms with van der Waals surface area (Å²) in [5, 5.41) is 70.3. The summed E-state index contributed by atoms with van der Waals surface area (Å²) in [5.41, 5.74) is -1.65. The van der Waals surface area contributed by atoms with Gasteiger partial charge in [-0.15, -0.1) is 0 Å². The van der Waals surface area contributed by atoms with Crippen molar-refractivity contribution in [2.45, 2.75) is 6.92 Å². The number of nitrogens with one attached hydrogen (secondary N) is 1. The van der Waals surface area contributed by atoms with Gasteiger partial charge in [0, 0.05) is 57.0 Å². The van der Waals surface area contributed by atoms with Crippen molar-refractivity contribution in [1.82, 2.24) is 15.1 Å². The van der Waals surface area contributed by atoms with E-state index in [0.717, 1.165) is 56.6 Å². The Labute approximate surface area is 348 Å². The van der Waals surface area contributed by atoms with Crippen LogP contribution in [0.25, 0.3) is 15.8 Å². The quantitative estimate of drug-likeness (QED) is 0.0366. The number of morpholine rings is 3. The highest BCUT2D eigenvalue weighted by Crippen LogP contribution is 2.37. The van der Waals surface area contributed by atoms with Gasteiger partial charge in [-0.3, -0.25) is 34.6 Å². The van der Waals surface area contributed by atoms with Crippen LogP contribution in [0.2, 0.25) is 0 Å². The highest BCUT2D eigenvalue weighted by Gasteiger charge is 2.23. The Bertz CT molecular complexity index is 1960. The summed E-state index contributed by atoms with van der Waals surface area (Å²) in [4.78, 5) is 72.0. The lowest BCUT2D eigenvalue weighted by Crippen LogP contribution is -2.41. The van der Waals surface area contributed by atoms with Crippen LogP contribution in [-0.4, -0.2) is 163 Å². The number of nitriles is 1. The monoisotopic (exact) mass is 856 g/mol. The molecule has 2 amide bonds. The number of benzene rings is 2. The second-order valence-corrected chi connectivity index (χ2v) is 11.8. The number of phenols is 4. The number of aldehydes is 1. The number of esters is 1. The van der Waals surface area contributed by atoms with E-state index in [4.69, 9.17) is 42.8 Å². The molecule has 5 rings (SSSR count). The van der Waals surface area contributed by atoms with Crippen LogP contribution in [0, 0.1) is 44.7 Å². The van der Waals surface area contributed by atoms with Crippen LogP contribution >= 0.6 is 0 Å². The van der Waals surface area contributed by atoms with Crippen molar-refractivity contribution in [2.75, 3.05) is 98.6 Å². The highest BCUT2D eigenvalue weighted by atomic mass is 16.6. The molecule has 61 heavy (non-hydrogen) atoms. The number of phenolic OH excluding ortho intramolecular Hbond substituents is 4. The van der Waals surface area contributed by atoms with Crippen LogP contribution in [0.4, 0.5) is 11.4 Å². The number of carbonyl (C=O) groups is 4. The van der Waals surface area contributed by atoms with Crippen molar-refractivity contribution in [3.63, 3.8) is 0 Å². The first-order valence-corrected chi connectivity index (χ1v) is 18.0. The van der Waals surface area contributed by atoms with Gasteiger partial charge in [-0.2, -0.15) is 5.26 Å². The summed E-state index contributed by atoms with van der Waals surface area (Å²) < 4.78 is 19.6. The number of nitro groups is 2. The second-order valence-electron chi connectivity index (χ2n) is 11.8. The van der Waals surface area contributed by atoms with Crippen molar-refractivity contribution >= 4 is 41.5 Å². The minimum absolute atomic E-state index is 0.0278. The molecule has 3 saturated heterocycles. The largest absolute Gasteiger partial charge is 0.504 e. The van der Waals surface area contributed by atoms with Gasteiger partial charge in [0.1, 0.15) is 17.9 Å².